The molecular formula is C13H19N3O4. The van der Waals surface area contributed by atoms with E-state index in [1.807, 2.05) is 0 Å². The van der Waals surface area contributed by atoms with Gasteiger partial charge in [0.05, 0.1) is 11.5 Å². The number of rotatable bonds is 9. The number of carbonyl (C=O) groups excluding carboxylic acids is 1. The van der Waals surface area contributed by atoms with Gasteiger partial charge in [0, 0.05) is 24.8 Å². The van der Waals surface area contributed by atoms with Gasteiger partial charge in [0.2, 0.25) is 5.91 Å². The van der Waals surface area contributed by atoms with Crippen LogP contribution >= 0.6 is 0 Å². The summed E-state index contributed by atoms with van der Waals surface area (Å²) in [5.41, 5.74) is 5.39. The van der Waals surface area contributed by atoms with Gasteiger partial charge in [-0.05, 0) is 18.6 Å². The summed E-state index contributed by atoms with van der Waals surface area (Å²) in [7, 11) is 0. The number of carbonyl (C=O) groups is 1. The molecule has 1 rings (SSSR count). The van der Waals surface area contributed by atoms with Crippen LogP contribution in [0.4, 0.5) is 11.4 Å². The summed E-state index contributed by atoms with van der Waals surface area (Å²) in [6.45, 7) is 3.68. The van der Waals surface area contributed by atoms with E-state index < -0.39 is 10.8 Å². The number of nitrogens with two attached hydrogens (primary N) is 1. The summed E-state index contributed by atoms with van der Waals surface area (Å²) < 4.78 is 5.35. The number of nitro groups is 1. The second kappa shape index (κ2) is 8.11. The van der Waals surface area contributed by atoms with Gasteiger partial charge >= 0.3 is 0 Å². The molecule has 0 atom stereocenters. The van der Waals surface area contributed by atoms with Gasteiger partial charge in [-0.3, -0.25) is 14.9 Å². The third-order valence-electron chi connectivity index (χ3n) is 2.68. The highest BCUT2D eigenvalue weighted by atomic mass is 16.6. The molecule has 1 aromatic rings. The van der Waals surface area contributed by atoms with Crippen molar-refractivity contribution in [1.29, 1.82) is 0 Å². The standard InChI is InChI=1S/C13H19N3O4/c1-2-3-7-20-8-6-15-11-5-4-10(13(14)17)9-12(11)16(18)19/h4-5,9,15H,2-3,6-8H2,1H3,(H2,14,17). The summed E-state index contributed by atoms with van der Waals surface area (Å²) in [5, 5.41) is 13.9. The van der Waals surface area contributed by atoms with E-state index in [0.29, 0.717) is 25.4 Å². The molecule has 1 aromatic carbocycles. The number of hydrogen-bond donors (Lipinski definition) is 2. The van der Waals surface area contributed by atoms with Crippen molar-refractivity contribution < 1.29 is 14.5 Å². The molecule has 0 spiro atoms. The number of hydrogen-bond acceptors (Lipinski definition) is 5. The molecule has 110 valence electrons. The van der Waals surface area contributed by atoms with Crippen molar-refractivity contribution in [3.8, 4) is 0 Å². The number of benzene rings is 1. The Morgan fingerprint density at radius 1 is 1.45 bits per heavy atom. The smallest absolute Gasteiger partial charge is 0.293 e. The number of unbranched alkanes of at least 4 members (excludes halogenated alkanes) is 1. The van der Waals surface area contributed by atoms with Crippen LogP contribution in [0.2, 0.25) is 0 Å². The lowest BCUT2D eigenvalue weighted by Crippen LogP contribution is -2.13. The van der Waals surface area contributed by atoms with Crippen molar-refractivity contribution in [2.24, 2.45) is 5.73 Å². The monoisotopic (exact) mass is 281 g/mol. The quantitative estimate of drug-likeness (QED) is 0.408. The van der Waals surface area contributed by atoms with Gasteiger partial charge < -0.3 is 15.8 Å². The molecule has 0 aromatic heterocycles. The van der Waals surface area contributed by atoms with E-state index in [2.05, 4.69) is 12.2 Å². The molecule has 0 saturated heterocycles. The molecule has 1 amide bonds. The third-order valence-corrected chi connectivity index (χ3v) is 2.68. The minimum Gasteiger partial charge on any atom is -0.380 e. The lowest BCUT2D eigenvalue weighted by molar-refractivity contribution is -0.384. The second-order valence-electron chi connectivity index (χ2n) is 4.25. The fourth-order valence-corrected chi connectivity index (χ4v) is 1.59. The predicted molar refractivity (Wildman–Crippen MR) is 75.8 cm³/mol. The Morgan fingerprint density at radius 3 is 2.80 bits per heavy atom. The maximum atomic E-state index is 11.0. The van der Waals surface area contributed by atoms with E-state index in [-0.39, 0.29) is 11.3 Å². The maximum absolute atomic E-state index is 11.0. The topological polar surface area (TPSA) is 107 Å². The number of primary amides is 1. The average molecular weight is 281 g/mol. The second-order valence-corrected chi connectivity index (χ2v) is 4.25. The molecule has 0 saturated carbocycles. The summed E-state index contributed by atoms with van der Waals surface area (Å²) in [5.74, 6) is -0.692. The molecule has 0 aliphatic heterocycles. The Kier molecular flexibility index (Phi) is 6.45. The molecule has 0 bridgehead atoms. The van der Waals surface area contributed by atoms with Crippen molar-refractivity contribution in [1.82, 2.24) is 0 Å². The number of nitrogens with zero attached hydrogens (tertiary/aromatic N) is 1. The van der Waals surface area contributed by atoms with Crippen LogP contribution in [0.15, 0.2) is 18.2 Å². The van der Waals surface area contributed by atoms with Crippen LogP contribution in [-0.2, 0) is 4.74 Å². The zero-order valence-corrected chi connectivity index (χ0v) is 11.4. The van der Waals surface area contributed by atoms with Crippen molar-refractivity contribution >= 4 is 17.3 Å². The average Bonchev–Trinajstić information content (AvgIpc) is 2.42. The molecule has 7 nitrogen and oxygen atoms in total. The fraction of sp³-hybridized carbons (Fsp3) is 0.462. The number of ether oxygens (including phenoxy) is 1. The van der Waals surface area contributed by atoms with Crippen LogP contribution in [0.25, 0.3) is 0 Å². The lowest BCUT2D eigenvalue weighted by atomic mass is 10.1. The molecule has 0 radical (unpaired) electrons. The summed E-state index contributed by atoms with van der Waals surface area (Å²) in [4.78, 5) is 21.4. The number of nitro benzene ring substituents is 1. The first-order chi connectivity index (χ1) is 9.56. The Bertz CT molecular complexity index is 477. The van der Waals surface area contributed by atoms with Crippen molar-refractivity contribution in [2.45, 2.75) is 19.8 Å². The number of anilines is 1. The summed E-state index contributed by atoms with van der Waals surface area (Å²) >= 11 is 0. The van der Waals surface area contributed by atoms with Crippen LogP contribution in [-0.4, -0.2) is 30.6 Å². The van der Waals surface area contributed by atoms with E-state index in [1.165, 1.54) is 18.2 Å². The first-order valence-corrected chi connectivity index (χ1v) is 6.46. The van der Waals surface area contributed by atoms with E-state index in [1.54, 1.807) is 0 Å². The van der Waals surface area contributed by atoms with Gasteiger partial charge in [-0.15, -0.1) is 0 Å². The molecular weight excluding hydrogens is 262 g/mol. The van der Waals surface area contributed by atoms with E-state index in [4.69, 9.17) is 10.5 Å². The largest absolute Gasteiger partial charge is 0.380 e. The van der Waals surface area contributed by atoms with E-state index >= 15 is 0 Å². The molecule has 7 heteroatoms. The molecule has 3 N–H and O–H groups in total. The first-order valence-electron chi connectivity index (χ1n) is 6.46. The van der Waals surface area contributed by atoms with Gasteiger partial charge in [0.25, 0.3) is 5.69 Å². The minimum atomic E-state index is -0.692. The highest BCUT2D eigenvalue weighted by Gasteiger charge is 2.16. The van der Waals surface area contributed by atoms with E-state index in [9.17, 15) is 14.9 Å². The van der Waals surface area contributed by atoms with Crippen LogP contribution in [0, 0.1) is 10.1 Å². The van der Waals surface area contributed by atoms with Gasteiger partial charge in [0.15, 0.2) is 0 Å². The van der Waals surface area contributed by atoms with Crippen molar-refractivity contribution in [3.63, 3.8) is 0 Å². The molecule has 0 heterocycles. The van der Waals surface area contributed by atoms with E-state index in [0.717, 1.165) is 12.8 Å². The summed E-state index contributed by atoms with van der Waals surface area (Å²) in [6, 6.07) is 4.10. The van der Waals surface area contributed by atoms with Crippen LogP contribution in [0.5, 0.6) is 0 Å². The van der Waals surface area contributed by atoms with Crippen LogP contribution in [0.3, 0.4) is 0 Å². The zero-order valence-electron chi connectivity index (χ0n) is 11.4. The zero-order chi connectivity index (χ0) is 15.0. The molecule has 20 heavy (non-hydrogen) atoms. The maximum Gasteiger partial charge on any atom is 0.293 e. The Balaban J connectivity index is 2.60. The van der Waals surface area contributed by atoms with Crippen molar-refractivity contribution in [2.75, 3.05) is 25.1 Å². The molecule has 0 aliphatic carbocycles. The number of amides is 1. The van der Waals surface area contributed by atoms with Gasteiger partial charge in [-0.1, -0.05) is 13.3 Å². The van der Waals surface area contributed by atoms with Gasteiger partial charge in [-0.2, -0.15) is 0 Å². The Labute approximate surface area is 117 Å². The number of nitrogens with one attached hydrogen (secondary N) is 1. The van der Waals surface area contributed by atoms with Gasteiger partial charge in [0.1, 0.15) is 5.69 Å². The summed E-state index contributed by atoms with van der Waals surface area (Å²) in [6.07, 6.45) is 2.06. The fourth-order valence-electron chi connectivity index (χ4n) is 1.59. The van der Waals surface area contributed by atoms with Crippen LogP contribution < -0.4 is 11.1 Å². The lowest BCUT2D eigenvalue weighted by Gasteiger charge is -2.08. The molecule has 0 fully saturated rings. The van der Waals surface area contributed by atoms with Gasteiger partial charge in [-0.25, -0.2) is 0 Å². The van der Waals surface area contributed by atoms with Crippen LogP contribution in [0.1, 0.15) is 30.1 Å². The Morgan fingerprint density at radius 2 is 2.20 bits per heavy atom. The van der Waals surface area contributed by atoms with Crippen molar-refractivity contribution in [3.05, 3.63) is 33.9 Å². The highest BCUT2D eigenvalue weighted by molar-refractivity contribution is 5.94. The minimum absolute atomic E-state index is 0.112. The SMILES string of the molecule is CCCCOCCNc1ccc(C(N)=O)cc1[N+](=O)[O-]. The molecule has 0 aliphatic rings. The normalized spacial score (nSPS) is 10.2. The third kappa shape index (κ3) is 4.85. The first kappa shape index (κ1) is 15.9. The highest BCUT2D eigenvalue weighted by Crippen LogP contribution is 2.25. The predicted octanol–water partition coefficient (Wildman–Crippen LogP) is 1.92. The molecule has 0 unspecified atom stereocenters. The Hall–Kier alpha value is -2.15.